The van der Waals surface area contributed by atoms with Crippen LogP contribution in [0.2, 0.25) is 10.0 Å². The van der Waals surface area contributed by atoms with E-state index >= 15 is 0 Å². The van der Waals surface area contributed by atoms with Crippen molar-refractivity contribution in [2.45, 2.75) is 12.8 Å². The Hall–Kier alpha value is -2.48. The van der Waals surface area contributed by atoms with Crippen LogP contribution in [-0.2, 0) is 9.59 Å². The number of thiophene rings is 1. The minimum atomic E-state index is -0.674. The van der Waals surface area contributed by atoms with E-state index in [1.54, 1.807) is 17.5 Å². The molecule has 1 aromatic heterocycles. The highest BCUT2D eigenvalue weighted by Gasteiger charge is 2.51. The summed E-state index contributed by atoms with van der Waals surface area (Å²) >= 11 is 13.2. The van der Waals surface area contributed by atoms with Gasteiger partial charge >= 0.3 is 0 Å². The van der Waals surface area contributed by atoms with Gasteiger partial charge in [0, 0.05) is 5.56 Å². The third kappa shape index (κ3) is 3.69. The highest BCUT2D eigenvalue weighted by Crippen LogP contribution is 2.36. The normalized spacial score (nSPS) is 20.4. The zero-order chi connectivity index (χ0) is 21.4. The lowest BCUT2D eigenvalue weighted by molar-refractivity contribution is -0.154. The van der Waals surface area contributed by atoms with Crippen LogP contribution < -0.4 is 0 Å². The maximum Gasteiger partial charge on any atom is 0.273 e. The third-order valence-electron chi connectivity index (χ3n) is 5.22. The molecule has 0 saturated carbocycles. The van der Waals surface area contributed by atoms with Crippen LogP contribution in [0, 0.1) is 11.8 Å². The minimum Gasteiger partial charge on any atom is -0.291 e. The van der Waals surface area contributed by atoms with E-state index in [0.29, 0.717) is 17.7 Å². The second-order valence-electron chi connectivity index (χ2n) is 7.04. The maximum absolute atomic E-state index is 13.3. The number of hydrogen-bond acceptors (Lipinski definition) is 5. The van der Waals surface area contributed by atoms with Crippen LogP contribution in [0.25, 0.3) is 0 Å². The number of amides is 3. The van der Waals surface area contributed by atoms with E-state index < -0.39 is 36.1 Å². The lowest BCUT2D eigenvalue weighted by atomic mass is 9.85. The van der Waals surface area contributed by atoms with Crippen molar-refractivity contribution in [2.75, 3.05) is 6.54 Å². The summed E-state index contributed by atoms with van der Waals surface area (Å²) in [7, 11) is 0. The Morgan fingerprint density at radius 1 is 1.03 bits per heavy atom. The van der Waals surface area contributed by atoms with E-state index in [0.717, 1.165) is 10.0 Å². The molecule has 1 fully saturated rings. The van der Waals surface area contributed by atoms with Crippen molar-refractivity contribution < 1.29 is 19.2 Å². The largest absolute Gasteiger partial charge is 0.291 e. The number of carbonyl (C=O) groups is 4. The zero-order valence-corrected chi connectivity index (χ0v) is 17.9. The van der Waals surface area contributed by atoms with E-state index in [-0.39, 0.29) is 21.4 Å². The van der Waals surface area contributed by atoms with Crippen molar-refractivity contribution in [3.05, 3.63) is 68.3 Å². The molecule has 0 unspecified atom stereocenters. The number of benzene rings is 1. The molecule has 1 aliphatic carbocycles. The highest BCUT2D eigenvalue weighted by molar-refractivity contribution is 7.12. The third-order valence-corrected chi connectivity index (χ3v) is 6.87. The minimum absolute atomic E-state index is 0.122. The van der Waals surface area contributed by atoms with Crippen molar-refractivity contribution in [3.63, 3.8) is 0 Å². The number of carbonyl (C=O) groups excluding carboxylic acids is 4. The van der Waals surface area contributed by atoms with Crippen molar-refractivity contribution in [1.29, 1.82) is 0 Å². The summed E-state index contributed by atoms with van der Waals surface area (Å²) < 4.78 is 0. The van der Waals surface area contributed by atoms with Crippen molar-refractivity contribution in [3.8, 4) is 0 Å². The Kier molecular flexibility index (Phi) is 5.77. The van der Waals surface area contributed by atoms with Crippen molar-refractivity contribution >= 4 is 58.0 Å². The summed E-state index contributed by atoms with van der Waals surface area (Å²) in [6.45, 7) is -0.441. The number of fused-ring (bicyclic) bond motifs is 1. The molecule has 6 nitrogen and oxygen atoms in total. The fraction of sp³-hybridized carbons (Fsp3) is 0.238. The molecular formula is C21H16Cl2N2O4S. The molecule has 2 atom stereocenters. The van der Waals surface area contributed by atoms with Gasteiger partial charge in [-0.2, -0.15) is 5.01 Å². The predicted molar refractivity (Wildman–Crippen MR) is 113 cm³/mol. The summed E-state index contributed by atoms with van der Waals surface area (Å²) in [6.07, 6.45) is 4.58. The van der Waals surface area contributed by atoms with E-state index in [2.05, 4.69) is 0 Å². The van der Waals surface area contributed by atoms with Gasteiger partial charge in [0.25, 0.3) is 17.7 Å². The number of imide groups is 1. The molecular weight excluding hydrogens is 447 g/mol. The lowest BCUT2D eigenvalue weighted by Gasteiger charge is -2.30. The number of rotatable bonds is 5. The van der Waals surface area contributed by atoms with Crippen molar-refractivity contribution in [2.24, 2.45) is 11.8 Å². The van der Waals surface area contributed by atoms with Gasteiger partial charge in [-0.15, -0.1) is 11.3 Å². The number of hydrazine groups is 1. The van der Waals surface area contributed by atoms with Gasteiger partial charge in [-0.05, 0) is 42.5 Å². The quantitative estimate of drug-likeness (QED) is 0.378. The first-order valence-electron chi connectivity index (χ1n) is 9.25. The maximum atomic E-state index is 13.3. The molecule has 0 radical (unpaired) electrons. The van der Waals surface area contributed by atoms with E-state index in [9.17, 15) is 19.2 Å². The van der Waals surface area contributed by atoms with Crippen LogP contribution in [0.15, 0.2) is 47.9 Å². The second-order valence-corrected chi connectivity index (χ2v) is 8.80. The average molecular weight is 463 g/mol. The molecule has 154 valence electrons. The van der Waals surface area contributed by atoms with Gasteiger partial charge in [0.15, 0.2) is 5.78 Å². The molecule has 4 rings (SSSR count). The summed E-state index contributed by atoms with van der Waals surface area (Å²) in [5.74, 6) is -3.03. The van der Waals surface area contributed by atoms with Gasteiger partial charge < -0.3 is 0 Å². The number of Topliss-reactive ketones (excluding diaryl/α,β-unsaturated/α-hetero) is 1. The Morgan fingerprint density at radius 3 is 2.27 bits per heavy atom. The average Bonchev–Trinajstić information content (AvgIpc) is 3.36. The fourth-order valence-electron chi connectivity index (χ4n) is 3.68. The molecule has 30 heavy (non-hydrogen) atoms. The molecule has 1 aromatic carbocycles. The van der Waals surface area contributed by atoms with Crippen LogP contribution in [0.5, 0.6) is 0 Å². The van der Waals surface area contributed by atoms with Crippen LogP contribution in [0.1, 0.15) is 32.9 Å². The van der Waals surface area contributed by atoms with Crippen LogP contribution in [0.4, 0.5) is 0 Å². The number of nitrogens with zero attached hydrogens (tertiary/aromatic N) is 2. The van der Waals surface area contributed by atoms with Gasteiger partial charge in [0.1, 0.15) is 6.54 Å². The number of halogens is 2. The van der Waals surface area contributed by atoms with E-state index in [4.69, 9.17) is 23.2 Å². The Balaban J connectivity index is 1.70. The molecule has 9 heteroatoms. The molecule has 0 N–H and O–H groups in total. The molecule has 0 bridgehead atoms. The second kappa shape index (κ2) is 8.34. The first-order chi connectivity index (χ1) is 14.4. The summed E-state index contributed by atoms with van der Waals surface area (Å²) in [4.78, 5) is 52.6. The molecule has 2 aliphatic rings. The SMILES string of the molecule is O=C(CN(C(=O)c1ccc(Cl)c(Cl)c1)N1C(=O)[C@H]2CC=CC[C@@H]2C1=O)c1cccs1. The Bertz CT molecular complexity index is 1040. The molecule has 2 heterocycles. The smallest absolute Gasteiger partial charge is 0.273 e. The summed E-state index contributed by atoms with van der Waals surface area (Å²) in [5, 5.41) is 3.94. The van der Waals surface area contributed by atoms with Gasteiger partial charge in [-0.1, -0.05) is 41.4 Å². The van der Waals surface area contributed by atoms with E-state index in [1.165, 1.54) is 29.5 Å². The highest BCUT2D eigenvalue weighted by atomic mass is 35.5. The van der Waals surface area contributed by atoms with Crippen LogP contribution in [-0.4, -0.2) is 40.1 Å². The van der Waals surface area contributed by atoms with Gasteiger partial charge in [0.2, 0.25) is 0 Å². The zero-order valence-electron chi connectivity index (χ0n) is 15.6. The number of allylic oxidation sites excluding steroid dienone is 2. The van der Waals surface area contributed by atoms with Crippen molar-refractivity contribution in [1.82, 2.24) is 10.0 Å². The predicted octanol–water partition coefficient (Wildman–Crippen LogP) is 4.25. The lowest BCUT2D eigenvalue weighted by Crippen LogP contribution is -2.52. The molecule has 0 spiro atoms. The Labute approximate surface area is 186 Å². The summed E-state index contributed by atoms with van der Waals surface area (Å²) in [6, 6.07) is 7.60. The molecule has 1 aliphatic heterocycles. The first kappa shape index (κ1) is 20.8. The van der Waals surface area contributed by atoms with Gasteiger partial charge in [0.05, 0.1) is 26.8 Å². The van der Waals surface area contributed by atoms with Crippen LogP contribution >= 0.6 is 34.5 Å². The topological polar surface area (TPSA) is 74.8 Å². The van der Waals surface area contributed by atoms with E-state index in [1.807, 2.05) is 12.2 Å². The number of hydrogen-bond donors (Lipinski definition) is 0. The van der Waals surface area contributed by atoms with Crippen LogP contribution in [0.3, 0.4) is 0 Å². The Morgan fingerprint density at radius 2 is 1.70 bits per heavy atom. The van der Waals surface area contributed by atoms with Gasteiger partial charge in [-0.25, -0.2) is 5.01 Å². The monoisotopic (exact) mass is 462 g/mol. The molecule has 1 saturated heterocycles. The molecule has 3 amide bonds. The fourth-order valence-corrected chi connectivity index (χ4v) is 4.64. The first-order valence-corrected chi connectivity index (χ1v) is 10.9. The standard InChI is InChI=1S/C21H16Cl2N2O4S/c22-15-8-7-12(10-16(15)23)19(27)24(11-17(26)18-6-3-9-30-18)25-20(28)13-4-1-2-5-14(13)21(25)29/h1-3,6-10,13-14H,4-5,11H2/t13-,14-/m0/s1. The number of ketones is 1. The van der Waals surface area contributed by atoms with Gasteiger partial charge in [-0.3, -0.25) is 19.2 Å². The molecule has 2 aromatic rings. The summed E-state index contributed by atoms with van der Waals surface area (Å²) in [5.41, 5.74) is 0.122.